The van der Waals surface area contributed by atoms with E-state index >= 15 is 0 Å². The summed E-state index contributed by atoms with van der Waals surface area (Å²) in [6, 6.07) is 3.86. The number of nitrogens with one attached hydrogen (secondary N) is 1. The van der Waals surface area contributed by atoms with Gasteiger partial charge in [-0.05, 0) is 23.9 Å². The van der Waals surface area contributed by atoms with Crippen molar-refractivity contribution >= 4 is 33.0 Å². The molecule has 0 radical (unpaired) electrons. The van der Waals surface area contributed by atoms with Crippen molar-refractivity contribution in [2.45, 2.75) is 26.3 Å². The number of carbonyl (C=O) groups excluding carboxylic acids is 1. The Morgan fingerprint density at radius 1 is 1.42 bits per heavy atom. The lowest BCUT2D eigenvalue weighted by molar-refractivity contribution is -0.121. The second-order valence-corrected chi connectivity index (χ2v) is 6.41. The monoisotopic (exact) mass is 348 g/mol. The maximum atomic E-state index is 12.7. The first-order chi connectivity index (χ1) is 11.7. The summed E-state index contributed by atoms with van der Waals surface area (Å²) in [5.74, 6) is 0.547. The van der Waals surface area contributed by atoms with Crippen molar-refractivity contribution in [3.8, 4) is 0 Å². The van der Waals surface area contributed by atoms with Crippen LogP contribution in [0.5, 0.6) is 0 Å². The van der Waals surface area contributed by atoms with Crippen molar-refractivity contribution < 1.29 is 9.53 Å². The van der Waals surface area contributed by atoms with Gasteiger partial charge in [0, 0.05) is 26.7 Å². The van der Waals surface area contributed by atoms with Gasteiger partial charge in [-0.2, -0.15) is 5.10 Å². The number of aryl methyl sites for hydroxylation is 1. The van der Waals surface area contributed by atoms with E-state index in [9.17, 15) is 9.59 Å². The van der Waals surface area contributed by atoms with Gasteiger partial charge >= 0.3 is 0 Å². The maximum absolute atomic E-state index is 12.7. The summed E-state index contributed by atoms with van der Waals surface area (Å²) in [5.41, 5.74) is 1.31. The third-order valence-electron chi connectivity index (χ3n) is 3.83. The number of amides is 1. The summed E-state index contributed by atoms with van der Waals surface area (Å²) in [7, 11) is 1.62. The van der Waals surface area contributed by atoms with Crippen LogP contribution >= 0.6 is 11.3 Å². The molecule has 24 heavy (non-hydrogen) atoms. The number of fused-ring (bicyclic) bond motifs is 3. The molecule has 0 saturated carbocycles. The summed E-state index contributed by atoms with van der Waals surface area (Å²) in [6.45, 7) is 3.02. The third-order valence-corrected chi connectivity index (χ3v) is 4.68. The Morgan fingerprint density at radius 2 is 2.25 bits per heavy atom. The molecular weight excluding hydrogens is 328 g/mol. The Balaban J connectivity index is 1.90. The van der Waals surface area contributed by atoms with Gasteiger partial charge < -0.3 is 10.1 Å². The minimum absolute atomic E-state index is 0.0753. The molecule has 0 fully saturated rings. The first-order valence-corrected chi connectivity index (χ1v) is 8.78. The lowest BCUT2D eigenvalue weighted by atomic mass is 10.4. The second-order valence-electron chi connectivity index (χ2n) is 5.46. The fourth-order valence-corrected chi connectivity index (χ4v) is 3.50. The average Bonchev–Trinajstić information content (AvgIpc) is 3.15. The van der Waals surface area contributed by atoms with E-state index in [0.29, 0.717) is 25.1 Å². The SMILES string of the molecule is CCc1nn(CC(=O)NCCCOC)c(=O)c2cc3sccc3n12. The molecule has 0 aliphatic carbocycles. The summed E-state index contributed by atoms with van der Waals surface area (Å²) in [4.78, 5) is 24.7. The van der Waals surface area contributed by atoms with Gasteiger partial charge in [0.25, 0.3) is 5.56 Å². The molecule has 8 heteroatoms. The van der Waals surface area contributed by atoms with E-state index in [0.717, 1.165) is 22.5 Å². The van der Waals surface area contributed by atoms with E-state index in [2.05, 4.69) is 10.4 Å². The van der Waals surface area contributed by atoms with Crippen LogP contribution in [-0.2, 0) is 22.5 Å². The highest BCUT2D eigenvalue weighted by atomic mass is 32.1. The number of methoxy groups -OCH3 is 1. The smallest absolute Gasteiger partial charge is 0.291 e. The van der Waals surface area contributed by atoms with Gasteiger partial charge in [0.1, 0.15) is 17.9 Å². The zero-order valence-corrected chi connectivity index (χ0v) is 14.6. The van der Waals surface area contributed by atoms with Gasteiger partial charge in [0.05, 0.1) is 10.2 Å². The summed E-state index contributed by atoms with van der Waals surface area (Å²) >= 11 is 1.59. The number of rotatable bonds is 7. The van der Waals surface area contributed by atoms with Crippen molar-refractivity contribution in [2.75, 3.05) is 20.3 Å². The predicted octanol–water partition coefficient (Wildman–Crippen LogP) is 1.43. The standard InChI is InChI=1S/C16H20N4O3S/c1-3-14-18-19(10-15(21)17-6-4-7-23-2)16(22)12-9-13-11(20(12)14)5-8-24-13/h5,8-9H,3-4,6-7,10H2,1-2H3,(H,17,21). The number of hydrogen-bond acceptors (Lipinski definition) is 5. The molecule has 128 valence electrons. The first-order valence-electron chi connectivity index (χ1n) is 7.90. The highest BCUT2D eigenvalue weighted by molar-refractivity contribution is 7.17. The van der Waals surface area contributed by atoms with Crippen LogP contribution in [0.3, 0.4) is 0 Å². The predicted molar refractivity (Wildman–Crippen MR) is 93.7 cm³/mol. The zero-order valence-electron chi connectivity index (χ0n) is 13.7. The Labute approximate surface area is 142 Å². The van der Waals surface area contributed by atoms with Crippen LogP contribution in [0, 0.1) is 0 Å². The highest BCUT2D eigenvalue weighted by Gasteiger charge is 2.15. The van der Waals surface area contributed by atoms with Crippen molar-refractivity contribution in [3.63, 3.8) is 0 Å². The number of nitrogens with zero attached hydrogens (tertiary/aromatic N) is 3. The third kappa shape index (κ3) is 3.07. The lowest BCUT2D eigenvalue weighted by Gasteiger charge is -2.10. The number of carbonyl (C=O) groups is 1. The molecule has 0 atom stereocenters. The number of thiophene rings is 1. The molecule has 3 rings (SSSR count). The molecule has 7 nitrogen and oxygen atoms in total. The minimum atomic E-state index is -0.248. The summed E-state index contributed by atoms with van der Waals surface area (Å²) in [6.07, 6.45) is 1.41. The van der Waals surface area contributed by atoms with E-state index in [1.54, 1.807) is 18.4 Å². The largest absolute Gasteiger partial charge is 0.385 e. The van der Waals surface area contributed by atoms with Gasteiger partial charge in [-0.1, -0.05) is 6.92 Å². The Bertz CT molecular complexity index is 925. The van der Waals surface area contributed by atoms with Crippen LogP contribution in [0.15, 0.2) is 22.3 Å². The lowest BCUT2D eigenvalue weighted by Crippen LogP contribution is -2.35. The fraction of sp³-hybridized carbons (Fsp3) is 0.438. The molecule has 3 heterocycles. The normalized spacial score (nSPS) is 11.4. The maximum Gasteiger partial charge on any atom is 0.291 e. The van der Waals surface area contributed by atoms with Gasteiger partial charge in [0.15, 0.2) is 0 Å². The van der Waals surface area contributed by atoms with E-state index in [1.807, 2.05) is 28.8 Å². The van der Waals surface area contributed by atoms with Gasteiger partial charge in [-0.3, -0.25) is 14.0 Å². The van der Waals surface area contributed by atoms with Crippen LogP contribution in [0.2, 0.25) is 0 Å². The molecule has 0 bridgehead atoms. The minimum Gasteiger partial charge on any atom is -0.385 e. The molecule has 0 saturated heterocycles. The van der Waals surface area contributed by atoms with Crippen molar-refractivity contribution in [2.24, 2.45) is 0 Å². The molecule has 0 aromatic carbocycles. The number of hydrogen-bond donors (Lipinski definition) is 1. The van der Waals surface area contributed by atoms with E-state index < -0.39 is 0 Å². The molecule has 3 aromatic rings. The molecule has 0 aliphatic rings. The van der Waals surface area contributed by atoms with E-state index in [-0.39, 0.29) is 18.0 Å². The quantitative estimate of drug-likeness (QED) is 0.655. The molecule has 3 aromatic heterocycles. The number of ether oxygens (including phenoxy) is 1. The molecule has 0 spiro atoms. The first kappa shape index (κ1) is 16.7. The molecule has 1 amide bonds. The topological polar surface area (TPSA) is 77.6 Å². The Morgan fingerprint density at radius 3 is 3.00 bits per heavy atom. The Hall–Kier alpha value is -2.19. The van der Waals surface area contributed by atoms with E-state index in [1.165, 1.54) is 4.68 Å². The highest BCUT2D eigenvalue weighted by Crippen LogP contribution is 2.24. The van der Waals surface area contributed by atoms with Crippen LogP contribution in [0.4, 0.5) is 0 Å². The van der Waals surface area contributed by atoms with Gasteiger partial charge in [-0.25, -0.2) is 4.68 Å². The summed E-state index contributed by atoms with van der Waals surface area (Å²) in [5, 5.41) is 9.16. The van der Waals surface area contributed by atoms with Crippen molar-refractivity contribution in [1.82, 2.24) is 19.5 Å². The molecule has 0 aliphatic heterocycles. The summed E-state index contributed by atoms with van der Waals surface area (Å²) < 4.78 is 9.13. The van der Waals surface area contributed by atoms with E-state index in [4.69, 9.17) is 4.74 Å². The molecule has 0 unspecified atom stereocenters. The van der Waals surface area contributed by atoms with Gasteiger partial charge in [-0.15, -0.1) is 11.3 Å². The fourth-order valence-electron chi connectivity index (χ4n) is 2.69. The van der Waals surface area contributed by atoms with Crippen LogP contribution in [-0.4, -0.2) is 40.3 Å². The second kappa shape index (κ2) is 7.14. The van der Waals surface area contributed by atoms with Crippen molar-refractivity contribution in [1.29, 1.82) is 0 Å². The number of aromatic nitrogens is 3. The Kier molecular flexibility index (Phi) is 4.96. The zero-order chi connectivity index (χ0) is 17.1. The van der Waals surface area contributed by atoms with Crippen LogP contribution in [0.25, 0.3) is 15.7 Å². The van der Waals surface area contributed by atoms with Crippen molar-refractivity contribution in [3.05, 3.63) is 33.7 Å². The van der Waals surface area contributed by atoms with Gasteiger partial charge in [0.2, 0.25) is 5.91 Å². The average molecular weight is 348 g/mol. The molecule has 1 N–H and O–H groups in total. The molecular formula is C16H20N4O3S. The van der Waals surface area contributed by atoms with Crippen LogP contribution < -0.4 is 10.9 Å². The van der Waals surface area contributed by atoms with Crippen LogP contribution in [0.1, 0.15) is 19.2 Å².